The number of hydrogen-bond acceptors (Lipinski definition) is 5. The SMILES string of the molecule is O=C(CNS(=O)(=O)c1ccccc1)OCC(=O)c1ccc(Cl)cc1Cl. The summed E-state index contributed by atoms with van der Waals surface area (Å²) in [5.74, 6) is -1.42. The number of hydrogen-bond donors (Lipinski definition) is 1. The smallest absolute Gasteiger partial charge is 0.321 e. The van der Waals surface area contributed by atoms with Gasteiger partial charge in [0, 0.05) is 10.6 Å². The molecule has 0 fully saturated rings. The average molecular weight is 402 g/mol. The number of ketones is 1. The Morgan fingerprint density at radius 2 is 1.72 bits per heavy atom. The van der Waals surface area contributed by atoms with Crippen molar-refractivity contribution in [2.24, 2.45) is 0 Å². The number of rotatable bonds is 7. The molecule has 0 aliphatic rings. The third-order valence-electron chi connectivity index (χ3n) is 3.06. The molecule has 0 spiro atoms. The van der Waals surface area contributed by atoms with Gasteiger partial charge in [0.2, 0.25) is 15.8 Å². The first kappa shape index (κ1) is 19.4. The molecule has 1 N–H and O–H groups in total. The molecule has 25 heavy (non-hydrogen) atoms. The first-order chi connectivity index (χ1) is 11.8. The maximum atomic E-state index is 12.0. The lowest BCUT2D eigenvalue weighted by atomic mass is 10.1. The van der Waals surface area contributed by atoms with Crippen molar-refractivity contribution in [2.75, 3.05) is 13.2 Å². The molecule has 0 saturated carbocycles. The van der Waals surface area contributed by atoms with Crippen molar-refractivity contribution in [2.45, 2.75) is 4.90 Å². The van der Waals surface area contributed by atoms with Crippen molar-refractivity contribution >= 4 is 45.0 Å². The van der Waals surface area contributed by atoms with Gasteiger partial charge in [0.1, 0.15) is 6.54 Å². The van der Waals surface area contributed by atoms with E-state index in [0.717, 1.165) is 0 Å². The summed E-state index contributed by atoms with van der Waals surface area (Å²) in [6.07, 6.45) is 0. The maximum Gasteiger partial charge on any atom is 0.321 e. The molecular weight excluding hydrogens is 389 g/mol. The Kier molecular flexibility index (Phi) is 6.55. The van der Waals surface area contributed by atoms with Gasteiger partial charge >= 0.3 is 5.97 Å². The van der Waals surface area contributed by atoms with Crippen LogP contribution in [0.25, 0.3) is 0 Å². The number of halogens is 2. The first-order valence-electron chi connectivity index (χ1n) is 6.98. The third kappa shape index (κ3) is 5.54. The fourth-order valence-electron chi connectivity index (χ4n) is 1.83. The van der Waals surface area contributed by atoms with Gasteiger partial charge in [-0.15, -0.1) is 0 Å². The maximum absolute atomic E-state index is 12.0. The van der Waals surface area contributed by atoms with Crippen LogP contribution in [0, 0.1) is 0 Å². The molecule has 9 heteroatoms. The molecule has 2 aromatic rings. The summed E-state index contributed by atoms with van der Waals surface area (Å²) >= 11 is 11.6. The number of carbonyl (C=O) groups excluding carboxylic acids is 2. The van der Waals surface area contributed by atoms with Crippen molar-refractivity contribution < 1.29 is 22.7 Å². The van der Waals surface area contributed by atoms with Crippen LogP contribution in [0.4, 0.5) is 0 Å². The first-order valence-corrected chi connectivity index (χ1v) is 9.22. The minimum absolute atomic E-state index is 0.0202. The highest BCUT2D eigenvalue weighted by Crippen LogP contribution is 2.21. The minimum atomic E-state index is -3.83. The van der Waals surface area contributed by atoms with Crippen molar-refractivity contribution in [1.82, 2.24) is 4.72 Å². The fourth-order valence-corrected chi connectivity index (χ4v) is 3.33. The standard InChI is InChI=1S/C16H13Cl2NO5S/c17-11-6-7-13(14(18)8-11)15(20)10-24-16(21)9-19-25(22,23)12-4-2-1-3-5-12/h1-8,19H,9-10H2. The molecule has 0 atom stereocenters. The Hall–Kier alpha value is -1.93. The minimum Gasteiger partial charge on any atom is -0.456 e. The largest absolute Gasteiger partial charge is 0.456 e. The van der Waals surface area contributed by atoms with E-state index in [9.17, 15) is 18.0 Å². The lowest BCUT2D eigenvalue weighted by Crippen LogP contribution is -2.31. The van der Waals surface area contributed by atoms with E-state index in [1.807, 2.05) is 0 Å². The van der Waals surface area contributed by atoms with Gasteiger partial charge in [-0.1, -0.05) is 41.4 Å². The summed E-state index contributed by atoms with van der Waals surface area (Å²) in [7, 11) is -3.83. The van der Waals surface area contributed by atoms with Crippen LogP contribution in [0.15, 0.2) is 53.4 Å². The number of sulfonamides is 1. The Labute approximate surface area is 154 Å². The van der Waals surface area contributed by atoms with Gasteiger partial charge in [0.15, 0.2) is 6.61 Å². The lowest BCUT2D eigenvalue weighted by Gasteiger charge is -2.08. The zero-order valence-corrected chi connectivity index (χ0v) is 15.1. The van der Waals surface area contributed by atoms with Crippen LogP contribution < -0.4 is 4.72 Å². The molecule has 0 aliphatic heterocycles. The Bertz CT molecular complexity index is 885. The summed E-state index contributed by atoms with van der Waals surface area (Å²) in [6.45, 7) is -1.16. The van der Waals surface area contributed by atoms with Gasteiger partial charge in [-0.3, -0.25) is 9.59 Å². The van der Waals surface area contributed by atoms with Crippen molar-refractivity contribution in [1.29, 1.82) is 0 Å². The molecule has 0 saturated heterocycles. The third-order valence-corrected chi connectivity index (χ3v) is 5.02. The highest BCUT2D eigenvalue weighted by Gasteiger charge is 2.17. The van der Waals surface area contributed by atoms with E-state index in [1.165, 1.54) is 30.3 Å². The van der Waals surface area contributed by atoms with Crippen LogP contribution in [0.1, 0.15) is 10.4 Å². The predicted octanol–water partition coefficient (Wildman–Crippen LogP) is 2.70. The second-order valence-corrected chi connectivity index (χ2v) is 7.46. The van der Waals surface area contributed by atoms with Crippen LogP contribution in [0.3, 0.4) is 0 Å². The fraction of sp³-hybridized carbons (Fsp3) is 0.125. The van der Waals surface area contributed by atoms with Gasteiger partial charge in [-0.05, 0) is 30.3 Å². The molecular formula is C16H13Cl2NO5S. The number of carbonyl (C=O) groups is 2. The highest BCUT2D eigenvalue weighted by atomic mass is 35.5. The van der Waals surface area contributed by atoms with E-state index in [4.69, 9.17) is 27.9 Å². The summed E-state index contributed by atoms with van der Waals surface area (Å²) in [4.78, 5) is 23.6. The summed E-state index contributed by atoms with van der Waals surface area (Å²) < 4.78 is 30.8. The zero-order chi connectivity index (χ0) is 18.4. The number of benzene rings is 2. The van der Waals surface area contributed by atoms with E-state index in [0.29, 0.717) is 5.02 Å². The Morgan fingerprint density at radius 3 is 2.36 bits per heavy atom. The molecule has 6 nitrogen and oxygen atoms in total. The number of ether oxygens (including phenoxy) is 1. The number of nitrogens with one attached hydrogen (secondary N) is 1. The molecule has 0 heterocycles. The average Bonchev–Trinajstić information content (AvgIpc) is 2.58. The molecule has 2 rings (SSSR count). The Morgan fingerprint density at radius 1 is 1.04 bits per heavy atom. The van der Waals surface area contributed by atoms with Gasteiger partial charge in [0.25, 0.3) is 0 Å². The van der Waals surface area contributed by atoms with Crippen molar-refractivity contribution in [3.63, 3.8) is 0 Å². The summed E-state index contributed by atoms with van der Waals surface area (Å²) in [5.41, 5.74) is 0.156. The number of Topliss-reactive ketones (excluding diaryl/α,β-unsaturated/α-hetero) is 1. The molecule has 2 aromatic carbocycles. The van der Waals surface area contributed by atoms with Crippen LogP contribution in [-0.4, -0.2) is 33.3 Å². The van der Waals surface area contributed by atoms with E-state index in [2.05, 4.69) is 4.72 Å². The summed E-state index contributed by atoms with van der Waals surface area (Å²) in [5, 5.41) is 0.507. The van der Waals surface area contributed by atoms with E-state index in [-0.39, 0.29) is 15.5 Å². The molecule has 0 radical (unpaired) electrons. The zero-order valence-electron chi connectivity index (χ0n) is 12.7. The Balaban J connectivity index is 1.87. The van der Waals surface area contributed by atoms with Gasteiger partial charge < -0.3 is 4.74 Å². The molecule has 0 aromatic heterocycles. The van der Waals surface area contributed by atoms with Crippen LogP contribution in [0.2, 0.25) is 10.0 Å². The van der Waals surface area contributed by atoms with Crippen LogP contribution >= 0.6 is 23.2 Å². The van der Waals surface area contributed by atoms with Gasteiger partial charge in [-0.25, -0.2) is 8.42 Å². The van der Waals surface area contributed by atoms with Gasteiger partial charge in [0.05, 0.1) is 9.92 Å². The lowest BCUT2D eigenvalue weighted by molar-refractivity contribution is -0.141. The monoisotopic (exact) mass is 401 g/mol. The van der Waals surface area contributed by atoms with Gasteiger partial charge in [-0.2, -0.15) is 4.72 Å². The van der Waals surface area contributed by atoms with E-state index < -0.39 is 34.9 Å². The molecule has 0 aliphatic carbocycles. The van der Waals surface area contributed by atoms with E-state index in [1.54, 1.807) is 18.2 Å². The molecule has 0 amide bonds. The second kappa shape index (κ2) is 8.44. The molecule has 0 bridgehead atoms. The van der Waals surface area contributed by atoms with Crippen molar-refractivity contribution in [3.05, 3.63) is 64.1 Å². The van der Waals surface area contributed by atoms with Crippen LogP contribution in [-0.2, 0) is 19.6 Å². The quantitative estimate of drug-likeness (QED) is 0.568. The number of esters is 1. The van der Waals surface area contributed by atoms with Crippen molar-refractivity contribution in [3.8, 4) is 0 Å². The molecule has 0 unspecified atom stereocenters. The predicted molar refractivity (Wildman–Crippen MR) is 93.4 cm³/mol. The van der Waals surface area contributed by atoms with E-state index >= 15 is 0 Å². The second-order valence-electron chi connectivity index (χ2n) is 4.85. The molecule has 132 valence electrons. The summed E-state index contributed by atoms with van der Waals surface area (Å²) in [6, 6.07) is 11.9. The normalized spacial score (nSPS) is 11.1. The van der Waals surface area contributed by atoms with Crippen LogP contribution in [0.5, 0.6) is 0 Å². The topological polar surface area (TPSA) is 89.5 Å². The highest BCUT2D eigenvalue weighted by molar-refractivity contribution is 7.89.